The summed E-state index contributed by atoms with van der Waals surface area (Å²) in [6.45, 7) is 3.93. The van der Waals surface area contributed by atoms with Crippen LogP contribution in [0.2, 0.25) is 0 Å². The fraction of sp³-hybridized carbons (Fsp3) is 0.500. The van der Waals surface area contributed by atoms with E-state index in [1.165, 1.54) is 5.56 Å². The van der Waals surface area contributed by atoms with Gasteiger partial charge in [-0.3, -0.25) is 9.88 Å². The summed E-state index contributed by atoms with van der Waals surface area (Å²) in [6.07, 6.45) is 3.67. The van der Waals surface area contributed by atoms with Crippen molar-refractivity contribution >= 4 is 11.9 Å². The zero-order valence-electron chi connectivity index (χ0n) is 16.9. The summed E-state index contributed by atoms with van der Waals surface area (Å²) < 4.78 is 37.5. The molecule has 0 amide bonds. The maximum absolute atomic E-state index is 10.6. The number of aliphatic carboxylic acids is 1. The van der Waals surface area contributed by atoms with Crippen molar-refractivity contribution in [2.45, 2.75) is 31.3 Å². The van der Waals surface area contributed by atoms with Crippen LogP contribution in [0.1, 0.15) is 12.0 Å². The van der Waals surface area contributed by atoms with E-state index >= 15 is 0 Å². The molecule has 8 nitrogen and oxygen atoms in total. The first-order valence-corrected chi connectivity index (χ1v) is 9.77. The third-order valence-corrected chi connectivity index (χ3v) is 5.42. The van der Waals surface area contributed by atoms with Crippen LogP contribution in [0.15, 0.2) is 43.0 Å². The molecule has 4 rings (SSSR count). The number of anilines is 1. The number of carboxylic acid groups (broad SMARTS) is 1. The third kappa shape index (κ3) is 5.88. The zero-order chi connectivity index (χ0) is 22.4. The number of pyridine rings is 1. The van der Waals surface area contributed by atoms with Crippen LogP contribution < -0.4 is 4.90 Å². The molecule has 11 heteroatoms. The SMILES string of the molecule is CO[C@H]1CCN(c2ncccn2)[C@@H]2CN(Cc3cccnc3)C[C@H]12.O=C(O)C(F)(F)F. The second kappa shape index (κ2) is 10.0. The van der Waals surface area contributed by atoms with Crippen molar-refractivity contribution in [1.29, 1.82) is 0 Å². The Morgan fingerprint density at radius 3 is 2.52 bits per heavy atom. The van der Waals surface area contributed by atoms with Crippen molar-refractivity contribution in [2.24, 2.45) is 5.92 Å². The average Bonchev–Trinajstić information content (AvgIpc) is 3.17. The number of rotatable bonds is 4. The van der Waals surface area contributed by atoms with E-state index in [1.807, 2.05) is 44.0 Å². The van der Waals surface area contributed by atoms with Crippen molar-refractivity contribution < 1.29 is 27.8 Å². The van der Waals surface area contributed by atoms with Crippen molar-refractivity contribution in [1.82, 2.24) is 19.9 Å². The minimum absolute atomic E-state index is 0.314. The van der Waals surface area contributed by atoms with Crippen molar-refractivity contribution in [3.05, 3.63) is 48.5 Å². The number of likely N-dealkylation sites (tertiary alicyclic amines) is 1. The highest BCUT2D eigenvalue weighted by atomic mass is 19.4. The van der Waals surface area contributed by atoms with E-state index in [0.717, 1.165) is 38.5 Å². The van der Waals surface area contributed by atoms with Gasteiger partial charge in [0.1, 0.15) is 0 Å². The van der Waals surface area contributed by atoms with Crippen molar-refractivity contribution in [3.63, 3.8) is 0 Å². The molecule has 2 aliphatic rings. The maximum atomic E-state index is 10.6. The normalized spacial score (nSPS) is 23.6. The molecule has 0 aliphatic carbocycles. The number of methoxy groups -OCH3 is 1. The Morgan fingerprint density at radius 1 is 1.23 bits per heavy atom. The lowest BCUT2D eigenvalue weighted by Gasteiger charge is -2.41. The van der Waals surface area contributed by atoms with Crippen LogP contribution in [0.3, 0.4) is 0 Å². The highest BCUT2D eigenvalue weighted by Gasteiger charge is 2.45. The minimum atomic E-state index is -5.08. The van der Waals surface area contributed by atoms with Crippen molar-refractivity contribution in [3.8, 4) is 0 Å². The van der Waals surface area contributed by atoms with Crippen LogP contribution in [-0.4, -0.2) is 76.0 Å². The molecule has 3 atom stereocenters. The topological polar surface area (TPSA) is 91.7 Å². The fourth-order valence-electron chi connectivity index (χ4n) is 4.10. The van der Waals surface area contributed by atoms with E-state index in [2.05, 4.69) is 30.8 Å². The molecular formula is C20H24F3N5O3. The first kappa shape index (κ1) is 22.9. The number of ether oxygens (including phenoxy) is 1. The summed E-state index contributed by atoms with van der Waals surface area (Å²) in [5.41, 5.74) is 1.26. The Balaban J connectivity index is 0.000000339. The number of piperidine rings is 1. The molecule has 1 N–H and O–H groups in total. The van der Waals surface area contributed by atoms with Gasteiger partial charge in [0, 0.05) is 64.0 Å². The standard InChI is InChI=1S/C18H23N5O.C2HF3O2/c1-24-17-5-9-23(18-20-7-3-8-21-18)16-13-22(12-15(16)17)11-14-4-2-6-19-10-14;3-2(4,5)1(6)7/h2-4,6-8,10,15-17H,5,9,11-13H2,1H3;(H,6,7)/t15-,16+,17-;/m0./s1. The molecule has 0 unspecified atom stereocenters. The van der Waals surface area contributed by atoms with Gasteiger partial charge in [0.05, 0.1) is 12.1 Å². The number of halogens is 3. The minimum Gasteiger partial charge on any atom is -0.475 e. The molecule has 0 spiro atoms. The molecule has 2 aliphatic heterocycles. The first-order valence-electron chi connectivity index (χ1n) is 9.77. The van der Waals surface area contributed by atoms with Crippen LogP contribution >= 0.6 is 0 Å². The molecule has 168 valence electrons. The van der Waals surface area contributed by atoms with Gasteiger partial charge in [-0.2, -0.15) is 13.2 Å². The Kier molecular flexibility index (Phi) is 7.39. The van der Waals surface area contributed by atoms with Gasteiger partial charge < -0.3 is 14.7 Å². The van der Waals surface area contributed by atoms with E-state index < -0.39 is 12.1 Å². The van der Waals surface area contributed by atoms with Gasteiger partial charge in [-0.25, -0.2) is 14.8 Å². The average molecular weight is 439 g/mol. The van der Waals surface area contributed by atoms with Gasteiger partial charge in [0.15, 0.2) is 0 Å². The molecule has 2 fully saturated rings. The summed E-state index contributed by atoms with van der Waals surface area (Å²) in [4.78, 5) is 26.9. The number of carbonyl (C=O) groups is 1. The molecular weight excluding hydrogens is 415 g/mol. The van der Waals surface area contributed by atoms with E-state index in [1.54, 1.807) is 0 Å². The molecule has 0 aromatic carbocycles. The van der Waals surface area contributed by atoms with E-state index in [4.69, 9.17) is 14.6 Å². The first-order chi connectivity index (χ1) is 14.8. The van der Waals surface area contributed by atoms with Crippen LogP contribution in [-0.2, 0) is 16.1 Å². The van der Waals surface area contributed by atoms with Gasteiger partial charge in [0.25, 0.3) is 0 Å². The van der Waals surface area contributed by atoms with Gasteiger partial charge in [-0.15, -0.1) is 0 Å². The molecule has 31 heavy (non-hydrogen) atoms. The lowest BCUT2D eigenvalue weighted by Crippen LogP contribution is -2.52. The second-order valence-electron chi connectivity index (χ2n) is 7.39. The zero-order valence-corrected chi connectivity index (χ0v) is 16.9. The second-order valence-corrected chi connectivity index (χ2v) is 7.39. The molecule has 2 aromatic heterocycles. The van der Waals surface area contributed by atoms with Crippen LogP contribution in [0.4, 0.5) is 19.1 Å². The summed E-state index contributed by atoms with van der Waals surface area (Å²) in [5, 5.41) is 7.12. The lowest BCUT2D eigenvalue weighted by molar-refractivity contribution is -0.192. The van der Waals surface area contributed by atoms with Crippen molar-refractivity contribution in [2.75, 3.05) is 31.6 Å². The van der Waals surface area contributed by atoms with E-state index in [0.29, 0.717) is 18.1 Å². The fourth-order valence-corrected chi connectivity index (χ4v) is 4.10. The highest BCUT2D eigenvalue weighted by molar-refractivity contribution is 5.73. The Morgan fingerprint density at radius 2 is 1.94 bits per heavy atom. The number of alkyl halides is 3. The maximum Gasteiger partial charge on any atom is 0.490 e. The number of nitrogens with zero attached hydrogens (tertiary/aromatic N) is 5. The number of fused-ring (bicyclic) bond motifs is 1. The van der Waals surface area contributed by atoms with E-state index in [9.17, 15) is 13.2 Å². The smallest absolute Gasteiger partial charge is 0.475 e. The number of carboxylic acids is 1. The summed E-state index contributed by atoms with van der Waals surface area (Å²) in [7, 11) is 1.83. The monoisotopic (exact) mass is 439 g/mol. The number of aromatic nitrogens is 3. The number of hydrogen-bond acceptors (Lipinski definition) is 7. The molecule has 0 radical (unpaired) electrons. The molecule has 0 saturated carbocycles. The van der Waals surface area contributed by atoms with Gasteiger partial charge in [-0.1, -0.05) is 6.07 Å². The van der Waals surface area contributed by atoms with Gasteiger partial charge >= 0.3 is 12.1 Å². The van der Waals surface area contributed by atoms with Gasteiger partial charge in [-0.05, 0) is 24.1 Å². The summed E-state index contributed by atoms with van der Waals surface area (Å²) >= 11 is 0. The largest absolute Gasteiger partial charge is 0.490 e. The Hall–Kier alpha value is -2.79. The lowest BCUT2D eigenvalue weighted by atomic mass is 9.89. The quantitative estimate of drug-likeness (QED) is 0.776. The Labute approximate surface area is 177 Å². The summed E-state index contributed by atoms with van der Waals surface area (Å²) in [6, 6.07) is 6.41. The molecule has 2 saturated heterocycles. The van der Waals surface area contributed by atoms with Crippen LogP contribution in [0.5, 0.6) is 0 Å². The van der Waals surface area contributed by atoms with Crippen LogP contribution in [0.25, 0.3) is 0 Å². The Bertz CT molecular complexity index is 841. The third-order valence-electron chi connectivity index (χ3n) is 5.42. The predicted molar refractivity (Wildman–Crippen MR) is 105 cm³/mol. The van der Waals surface area contributed by atoms with E-state index in [-0.39, 0.29) is 0 Å². The summed E-state index contributed by atoms with van der Waals surface area (Å²) in [5.74, 6) is -1.43. The van der Waals surface area contributed by atoms with Gasteiger partial charge in [0.2, 0.25) is 5.95 Å². The molecule has 2 aromatic rings. The number of hydrogen-bond donors (Lipinski definition) is 1. The van der Waals surface area contributed by atoms with Crippen LogP contribution in [0, 0.1) is 5.92 Å². The molecule has 0 bridgehead atoms. The predicted octanol–water partition coefficient (Wildman–Crippen LogP) is 2.23. The highest BCUT2D eigenvalue weighted by Crippen LogP contribution is 2.34. The molecule has 4 heterocycles.